The fourth-order valence-corrected chi connectivity index (χ4v) is 1.31. The lowest BCUT2D eigenvalue weighted by Crippen LogP contribution is -2.43. The SMILES string of the molecule is CC(C#N)NS(=O)(=O)C(C)(C)C. The van der Waals surface area contributed by atoms with Gasteiger partial charge in [0.25, 0.3) is 0 Å². The van der Waals surface area contributed by atoms with E-state index in [4.69, 9.17) is 5.26 Å². The lowest BCUT2D eigenvalue weighted by Gasteiger charge is -2.20. The molecule has 0 aliphatic carbocycles. The fraction of sp³-hybridized carbons (Fsp3) is 0.857. The average Bonchev–Trinajstić information content (AvgIpc) is 1.84. The molecule has 0 saturated carbocycles. The maximum Gasteiger partial charge on any atom is 0.217 e. The normalized spacial score (nSPS) is 15.2. The number of rotatable bonds is 2. The van der Waals surface area contributed by atoms with Crippen molar-refractivity contribution in [2.24, 2.45) is 0 Å². The van der Waals surface area contributed by atoms with Gasteiger partial charge in [0.1, 0.15) is 6.04 Å². The topological polar surface area (TPSA) is 70.0 Å². The van der Waals surface area contributed by atoms with Gasteiger partial charge < -0.3 is 0 Å². The molecule has 0 amide bonds. The van der Waals surface area contributed by atoms with Gasteiger partial charge in [0.2, 0.25) is 10.0 Å². The summed E-state index contributed by atoms with van der Waals surface area (Å²) in [5, 5.41) is 8.39. The summed E-state index contributed by atoms with van der Waals surface area (Å²) in [6.07, 6.45) is 0. The Morgan fingerprint density at radius 1 is 1.42 bits per heavy atom. The van der Waals surface area contributed by atoms with Crippen LogP contribution >= 0.6 is 0 Å². The number of hydrogen-bond donors (Lipinski definition) is 1. The Bertz CT molecular complexity index is 282. The van der Waals surface area contributed by atoms with Crippen LogP contribution in [0.3, 0.4) is 0 Å². The first-order chi connectivity index (χ1) is 5.20. The van der Waals surface area contributed by atoms with Crippen molar-refractivity contribution in [1.82, 2.24) is 4.72 Å². The Morgan fingerprint density at radius 2 is 1.83 bits per heavy atom. The van der Waals surface area contributed by atoms with E-state index in [0.717, 1.165) is 0 Å². The Morgan fingerprint density at radius 3 is 2.08 bits per heavy atom. The van der Waals surface area contributed by atoms with Crippen LogP contribution in [-0.2, 0) is 10.0 Å². The highest BCUT2D eigenvalue weighted by Crippen LogP contribution is 2.13. The third kappa shape index (κ3) is 2.80. The summed E-state index contributed by atoms with van der Waals surface area (Å²) in [6.45, 7) is 6.25. The number of nitriles is 1. The maximum atomic E-state index is 11.4. The Kier molecular flexibility index (Phi) is 3.25. The van der Waals surface area contributed by atoms with E-state index >= 15 is 0 Å². The van der Waals surface area contributed by atoms with Gasteiger partial charge in [0, 0.05) is 0 Å². The molecule has 1 atom stereocenters. The first-order valence-corrected chi connectivity index (χ1v) is 5.10. The molecule has 0 aromatic carbocycles. The molecule has 1 unspecified atom stereocenters. The summed E-state index contributed by atoms with van der Waals surface area (Å²) in [5.74, 6) is 0. The molecule has 0 aromatic rings. The van der Waals surface area contributed by atoms with Crippen LogP contribution in [0.1, 0.15) is 27.7 Å². The molecule has 1 N–H and O–H groups in total. The first-order valence-electron chi connectivity index (χ1n) is 3.62. The lowest BCUT2D eigenvalue weighted by atomic mass is 10.3. The summed E-state index contributed by atoms with van der Waals surface area (Å²) in [4.78, 5) is 0. The third-order valence-corrected chi connectivity index (χ3v) is 3.61. The highest BCUT2D eigenvalue weighted by molar-refractivity contribution is 7.90. The molecular weight excluding hydrogens is 176 g/mol. The second kappa shape index (κ2) is 3.42. The standard InChI is InChI=1S/C7H14N2O2S/c1-6(5-8)9-12(10,11)7(2,3)4/h6,9H,1-4H3. The predicted molar refractivity (Wildman–Crippen MR) is 46.9 cm³/mol. The van der Waals surface area contributed by atoms with Crippen LogP contribution in [0.25, 0.3) is 0 Å². The molecule has 0 aliphatic rings. The molecule has 0 radical (unpaired) electrons. The fourth-order valence-electron chi connectivity index (χ4n) is 0.436. The van der Waals surface area contributed by atoms with Gasteiger partial charge in [-0.1, -0.05) is 0 Å². The van der Waals surface area contributed by atoms with Crippen molar-refractivity contribution in [3.8, 4) is 6.07 Å². The van der Waals surface area contributed by atoms with Gasteiger partial charge in [-0.3, -0.25) is 0 Å². The molecule has 0 saturated heterocycles. The first kappa shape index (κ1) is 11.4. The highest BCUT2D eigenvalue weighted by Gasteiger charge is 2.29. The van der Waals surface area contributed by atoms with Gasteiger partial charge in [0.05, 0.1) is 10.8 Å². The zero-order valence-electron chi connectivity index (χ0n) is 7.75. The molecule has 70 valence electrons. The molecule has 0 aliphatic heterocycles. The zero-order chi connectivity index (χ0) is 9.99. The largest absolute Gasteiger partial charge is 0.217 e. The van der Waals surface area contributed by atoms with E-state index in [9.17, 15) is 8.42 Å². The highest BCUT2D eigenvalue weighted by atomic mass is 32.2. The van der Waals surface area contributed by atoms with Crippen LogP contribution in [0.5, 0.6) is 0 Å². The summed E-state index contributed by atoms with van der Waals surface area (Å²) >= 11 is 0. The van der Waals surface area contributed by atoms with Gasteiger partial charge in [0.15, 0.2) is 0 Å². The number of sulfonamides is 1. The van der Waals surface area contributed by atoms with Gasteiger partial charge in [-0.25, -0.2) is 8.42 Å². The molecule has 4 nitrogen and oxygen atoms in total. The van der Waals surface area contributed by atoms with Crippen molar-refractivity contribution < 1.29 is 8.42 Å². The van der Waals surface area contributed by atoms with Crippen LogP contribution in [0, 0.1) is 11.3 Å². The summed E-state index contributed by atoms with van der Waals surface area (Å²) < 4.78 is 24.1. The quantitative estimate of drug-likeness (QED) is 0.693. The van der Waals surface area contributed by atoms with Crippen molar-refractivity contribution in [3.63, 3.8) is 0 Å². The van der Waals surface area contributed by atoms with Crippen LogP contribution in [-0.4, -0.2) is 19.2 Å². The van der Waals surface area contributed by atoms with Crippen LogP contribution in [0.4, 0.5) is 0 Å². The molecule has 0 rings (SSSR count). The van der Waals surface area contributed by atoms with Gasteiger partial charge in [-0.05, 0) is 27.7 Å². The van der Waals surface area contributed by atoms with E-state index in [-0.39, 0.29) is 0 Å². The minimum atomic E-state index is -3.38. The van der Waals surface area contributed by atoms with Gasteiger partial charge in [-0.15, -0.1) is 0 Å². The predicted octanol–water partition coefficient (Wildman–Crippen LogP) is 0.616. The van der Waals surface area contributed by atoms with Crippen molar-refractivity contribution in [3.05, 3.63) is 0 Å². The molecular formula is C7H14N2O2S. The summed E-state index contributed by atoms with van der Waals surface area (Å²) in [7, 11) is -3.38. The number of nitrogens with zero attached hydrogens (tertiary/aromatic N) is 1. The summed E-state index contributed by atoms with van der Waals surface area (Å²) in [5.41, 5.74) is 0. The van der Waals surface area contributed by atoms with E-state index in [1.807, 2.05) is 0 Å². The monoisotopic (exact) mass is 190 g/mol. The summed E-state index contributed by atoms with van der Waals surface area (Å²) in [6, 6.07) is 1.13. The molecule has 0 spiro atoms. The van der Waals surface area contributed by atoms with E-state index < -0.39 is 20.8 Å². The molecule has 0 heterocycles. The Labute approximate surface area is 73.6 Å². The maximum absolute atomic E-state index is 11.4. The molecule has 0 fully saturated rings. The molecule has 5 heteroatoms. The van der Waals surface area contributed by atoms with Gasteiger partial charge in [-0.2, -0.15) is 9.98 Å². The number of hydrogen-bond acceptors (Lipinski definition) is 3. The average molecular weight is 190 g/mol. The van der Waals surface area contributed by atoms with Crippen molar-refractivity contribution in [1.29, 1.82) is 5.26 Å². The van der Waals surface area contributed by atoms with Crippen molar-refractivity contribution >= 4 is 10.0 Å². The van der Waals surface area contributed by atoms with Crippen LogP contribution in [0.15, 0.2) is 0 Å². The van der Waals surface area contributed by atoms with Gasteiger partial charge >= 0.3 is 0 Å². The molecule has 0 bridgehead atoms. The van der Waals surface area contributed by atoms with E-state index in [2.05, 4.69) is 4.72 Å². The number of nitrogens with one attached hydrogen (secondary N) is 1. The van der Waals surface area contributed by atoms with Crippen LogP contribution in [0.2, 0.25) is 0 Å². The minimum Gasteiger partial charge on any atom is -0.212 e. The third-order valence-electron chi connectivity index (χ3n) is 1.33. The smallest absolute Gasteiger partial charge is 0.212 e. The second-order valence-corrected chi connectivity index (χ2v) is 6.05. The molecule has 12 heavy (non-hydrogen) atoms. The second-order valence-electron chi connectivity index (χ2n) is 3.58. The minimum absolute atomic E-state index is 0.672. The lowest BCUT2D eigenvalue weighted by molar-refractivity contribution is 0.541. The van der Waals surface area contributed by atoms with E-state index in [1.54, 1.807) is 26.8 Å². The Hall–Kier alpha value is -0.600. The van der Waals surface area contributed by atoms with E-state index in [1.165, 1.54) is 6.92 Å². The zero-order valence-corrected chi connectivity index (χ0v) is 8.57. The van der Waals surface area contributed by atoms with Crippen LogP contribution < -0.4 is 4.72 Å². The van der Waals surface area contributed by atoms with E-state index in [0.29, 0.717) is 0 Å². The Balaban J connectivity index is 4.60. The molecule has 0 aromatic heterocycles. The van der Waals surface area contributed by atoms with Crippen molar-refractivity contribution in [2.45, 2.75) is 38.5 Å². The van der Waals surface area contributed by atoms with Crippen molar-refractivity contribution in [2.75, 3.05) is 0 Å².